The van der Waals surface area contributed by atoms with E-state index in [1.54, 1.807) is 0 Å². The molecular formula is C50H33N3. The first kappa shape index (κ1) is 29.7. The summed E-state index contributed by atoms with van der Waals surface area (Å²) in [5.74, 6) is 0. The molecule has 0 aliphatic carbocycles. The Morgan fingerprint density at radius 1 is 0.434 bits per heavy atom. The van der Waals surface area contributed by atoms with Crippen molar-refractivity contribution in [3.63, 3.8) is 0 Å². The molecule has 1 unspecified atom stereocenters. The lowest BCUT2D eigenvalue weighted by molar-refractivity contribution is 0.665. The SMILES string of the molecule is C1=C(c2ccc(-n3c4ccc5ccccc5c4c4c5ccccc5ccc43)cc2)NC(c2ccc3ccccc3c2)N=C1c1ccc2ccccc2c1. The number of benzene rings is 9. The fraction of sp³-hybridized carbons (Fsp3) is 0.0200. The average Bonchev–Trinajstić information content (AvgIpc) is 3.58. The molecule has 0 radical (unpaired) electrons. The maximum atomic E-state index is 5.31. The van der Waals surface area contributed by atoms with Gasteiger partial charge in [-0.3, -0.25) is 4.99 Å². The second kappa shape index (κ2) is 11.8. The Morgan fingerprint density at radius 3 is 1.58 bits per heavy atom. The standard InChI is InChI=1S/C50H33N3/c1-3-13-37-29-39(19-17-32(37)9-1)45-31-44(51-50(52-45)40-20-18-33-10-2-4-14-38(33)30-40)36-21-25-41(26-22-36)53-46-27-23-34-11-5-7-15-42(34)48(46)49-43-16-8-6-12-35(43)24-28-47(49)53/h1-31,50-51H. The molecule has 11 rings (SSSR count). The number of allylic oxidation sites excluding steroid dienone is 1. The number of hydrogen-bond donors (Lipinski definition) is 1. The minimum Gasteiger partial charge on any atom is -0.360 e. The molecule has 248 valence electrons. The molecule has 1 aliphatic heterocycles. The summed E-state index contributed by atoms with van der Waals surface area (Å²) in [6.07, 6.45) is 1.97. The van der Waals surface area contributed by atoms with Gasteiger partial charge in [0.2, 0.25) is 0 Å². The van der Waals surface area contributed by atoms with Crippen LogP contribution in [0.5, 0.6) is 0 Å². The van der Waals surface area contributed by atoms with Crippen LogP contribution in [0.15, 0.2) is 193 Å². The molecule has 53 heavy (non-hydrogen) atoms. The third-order valence-corrected chi connectivity index (χ3v) is 11.0. The Bertz CT molecular complexity index is 3050. The summed E-state index contributed by atoms with van der Waals surface area (Å²) < 4.78 is 2.43. The van der Waals surface area contributed by atoms with Gasteiger partial charge in [-0.05, 0) is 96.7 Å². The van der Waals surface area contributed by atoms with Crippen LogP contribution in [0.25, 0.3) is 76.3 Å². The summed E-state index contributed by atoms with van der Waals surface area (Å²) in [7, 11) is 0. The lowest BCUT2D eigenvalue weighted by atomic mass is 9.99. The van der Waals surface area contributed by atoms with Crippen LogP contribution in [-0.4, -0.2) is 10.3 Å². The molecule has 3 heteroatoms. The van der Waals surface area contributed by atoms with Crippen molar-refractivity contribution in [2.24, 2.45) is 4.99 Å². The molecular weight excluding hydrogens is 643 g/mol. The first-order valence-electron chi connectivity index (χ1n) is 18.2. The average molecular weight is 676 g/mol. The molecule has 0 bridgehead atoms. The maximum Gasteiger partial charge on any atom is 0.145 e. The molecule has 10 aromatic rings. The predicted octanol–water partition coefficient (Wildman–Crippen LogP) is 12.5. The molecule has 1 atom stereocenters. The first-order chi connectivity index (χ1) is 26.2. The Labute approximate surface area is 306 Å². The van der Waals surface area contributed by atoms with Gasteiger partial charge in [-0.1, -0.05) is 146 Å². The van der Waals surface area contributed by atoms with Gasteiger partial charge < -0.3 is 9.88 Å². The monoisotopic (exact) mass is 675 g/mol. The van der Waals surface area contributed by atoms with Gasteiger partial charge in [0.15, 0.2) is 0 Å². The van der Waals surface area contributed by atoms with Gasteiger partial charge in [0.1, 0.15) is 6.17 Å². The zero-order valence-electron chi connectivity index (χ0n) is 28.9. The second-order valence-electron chi connectivity index (χ2n) is 14.0. The van der Waals surface area contributed by atoms with Crippen LogP contribution in [-0.2, 0) is 0 Å². The number of hydrogen-bond acceptors (Lipinski definition) is 2. The quantitative estimate of drug-likeness (QED) is 0.198. The van der Waals surface area contributed by atoms with Crippen LogP contribution < -0.4 is 5.32 Å². The molecule has 9 aromatic carbocycles. The summed E-state index contributed by atoms with van der Waals surface area (Å²) in [6, 6.07) is 65.9. The summed E-state index contributed by atoms with van der Waals surface area (Å²) in [5.41, 5.74) is 8.91. The van der Waals surface area contributed by atoms with E-state index in [4.69, 9.17) is 4.99 Å². The minimum atomic E-state index is -0.236. The Kier molecular flexibility index (Phi) is 6.62. The molecule has 3 nitrogen and oxygen atoms in total. The summed E-state index contributed by atoms with van der Waals surface area (Å²) in [6.45, 7) is 0. The number of fused-ring (bicyclic) bond motifs is 9. The molecule has 2 heterocycles. The van der Waals surface area contributed by atoms with E-state index in [0.717, 1.165) is 33.8 Å². The zero-order chi connectivity index (χ0) is 34.9. The number of aromatic nitrogens is 1. The maximum absolute atomic E-state index is 5.31. The molecule has 0 amide bonds. The molecule has 0 spiro atoms. The van der Waals surface area contributed by atoms with Crippen molar-refractivity contribution < 1.29 is 0 Å². The fourth-order valence-electron chi connectivity index (χ4n) is 8.36. The number of nitrogens with zero attached hydrogens (tertiary/aromatic N) is 2. The van der Waals surface area contributed by atoms with Gasteiger partial charge in [-0.15, -0.1) is 0 Å². The first-order valence-corrected chi connectivity index (χ1v) is 18.2. The van der Waals surface area contributed by atoms with E-state index in [1.165, 1.54) is 64.9 Å². The van der Waals surface area contributed by atoms with Crippen molar-refractivity contribution in [3.05, 3.63) is 205 Å². The molecule has 0 saturated heterocycles. The van der Waals surface area contributed by atoms with Crippen LogP contribution in [0.2, 0.25) is 0 Å². The minimum absolute atomic E-state index is 0.236. The van der Waals surface area contributed by atoms with Crippen LogP contribution in [0.1, 0.15) is 22.9 Å². The second-order valence-corrected chi connectivity index (χ2v) is 14.0. The highest BCUT2D eigenvalue weighted by atomic mass is 15.1. The molecule has 1 aliphatic rings. The van der Waals surface area contributed by atoms with Crippen molar-refractivity contribution in [2.45, 2.75) is 6.17 Å². The van der Waals surface area contributed by atoms with Crippen molar-refractivity contribution in [3.8, 4) is 5.69 Å². The lowest BCUT2D eigenvalue weighted by Gasteiger charge is -2.25. The van der Waals surface area contributed by atoms with E-state index >= 15 is 0 Å². The summed E-state index contributed by atoms with van der Waals surface area (Å²) in [4.78, 5) is 5.31. The highest BCUT2D eigenvalue weighted by Crippen LogP contribution is 2.40. The summed E-state index contributed by atoms with van der Waals surface area (Å²) in [5, 5.41) is 16.3. The third kappa shape index (κ3) is 4.86. The Morgan fingerprint density at radius 2 is 0.943 bits per heavy atom. The van der Waals surface area contributed by atoms with Gasteiger partial charge in [-0.25, -0.2) is 0 Å². The summed E-state index contributed by atoms with van der Waals surface area (Å²) >= 11 is 0. The van der Waals surface area contributed by atoms with Gasteiger partial charge in [0, 0.05) is 27.7 Å². The largest absolute Gasteiger partial charge is 0.360 e. The van der Waals surface area contributed by atoms with E-state index < -0.39 is 0 Å². The predicted molar refractivity (Wildman–Crippen MR) is 224 cm³/mol. The highest BCUT2D eigenvalue weighted by Gasteiger charge is 2.21. The highest BCUT2D eigenvalue weighted by molar-refractivity contribution is 6.28. The van der Waals surface area contributed by atoms with E-state index in [0.29, 0.717) is 0 Å². The van der Waals surface area contributed by atoms with E-state index in [9.17, 15) is 0 Å². The van der Waals surface area contributed by atoms with Crippen molar-refractivity contribution >= 4 is 76.3 Å². The van der Waals surface area contributed by atoms with Gasteiger partial charge in [-0.2, -0.15) is 0 Å². The lowest BCUT2D eigenvalue weighted by Crippen LogP contribution is -2.24. The smallest absolute Gasteiger partial charge is 0.145 e. The Hall–Kier alpha value is -6.97. The molecule has 1 aromatic heterocycles. The van der Waals surface area contributed by atoms with Crippen LogP contribution in [0.4, 0.5) is 0 Å². The van der Waals surface area contributed by atoms with Crippen molar-refractivity contribution in [2.75, 3.05) is 0 Å². The van der Waals surface area contributed by atoms with Gasteiger partial charge >= 0.3 is 0 Å². The number of nitrogens with one attached hydrogen (secondary N) is 1. The van der Waals surface area contributed by atoms with Crippen LogP contribution >= 0.6 is 0 Å². The molecule has 0 saturated carbocycles. The molecule has 0 fully saturated rings. The van der Waals surface area contributed by atoms with Crippen LogP contribution in [0.3, 0.4) is 0 Å². The van der Waals surface area contributed by atoms with E-state index in [1.807, 2.05) is 0 Å². The van der Waals surface area contributed by atoms with Gasteiger partial charge in [0.05, 0.1) is 16.7 Å². The van der Waals surface area contributed by atoms with E-state index in [2.05, 4.69) is 198 Å². The van der Waals surface area contributed by atoms with Crippen LogP contribution in [0, 0.1) is 0 Å². The van der Waals surface area contributed by atoms with Crippen molar-refractivity contribution in [1.82, 2.24) is 9.88 Å². The van der Waals surface area contributed by atoms with Gasteiger partial charge in [0.25, 0.3) is 0 Å². The Balaban J connectivity index is 1.05. The van der Waals surface area contributed by atoms with E-state index in [-0.39, 0.29) is 6.17 Å². The topological polar surface area (TPSA) is 29.3 Å². The zero-order valence-corrected chi connectivity index (χ0v) is 28.9. The normalized spacial score (nSPS) is 14.6. The number of rotatable bonds is 4. The van der Waals surface area contributed by atoms with Crippen molar-refractivity contribution in [1.29, 1.82) is 0 Å². The number of aliphatic imine (C=N–C) groups is 1. The fourth-order valence-corrected chi connectivity index (χ4v) is 8.36. The third-order valence-electron chi connectivity index (χ3n) is 11.0. The molecule has 1 N–H and O–H groups in total.